The number of hydroxylamine groups is 2. The summed E-state index contributed by atoms with van der Waals surface area (Å²) in [6.07, 6.45) is -0.276. The van der Waals surface area contributed by atoms with Crippen molar-refractivity contribution in [2.75, 3.05) is 0 Å². The van der Waals surface area contributed by atoms with Gasteiger partial charge >= 0.3 is 12.1 Å². The van der Waals surface area contributed by atoms with E-state index in [4.69, 9.17) is 4.84 Å². The smallest absolute Gasteiger partial charge is 0.360 e. The minimum Gasteiger partial charge on any atom is -0.360 e. The number of nitrogens with zero attached hydrogens (tertiary/aromatic N) is 2. The summed E-state index contributed by atoms with van der Waals surface area (Å²) in [6, 6.07) is 11.4. The van der Waals surface area contributed by atoms with E-state index in [1.165, 1.54) is 5.06 Å². The van der Waals surface area contributed by atoms with Crippen LogP contribution in [0.1, 0.15) is 50.7 Å². The number of carbonyl (C=O) groups is 1. The van der Waals surface area contributed by atoms with Crippen molar-refractivity contribution in [3.8, 4) is 11.1 Å². The van der Waals surface area contributed by atoms with Crippen LogP contribution in [0, 0.1) is 12.3 Å². The molecule has 1 heterocycles. The van der Waals surface area contributed by atoms with E-state index in [0.29, 0.717) is 12.8 Å². The number of benzene rings is 2. The summed E-state index contributed by atoms with van der Waals surface area (Å²) in [5.74, 6) is -2.17. The van der Waals surface area contributed by atoms with Gasteiger partial charge in [-0.05, 0) is 66.3 Å². The molecule has 2 aromatic carbocycles. The van der Waals surface area contributed by atoms with Crippen LogP contribution in [0.25, 0.3) is 22.2 Å². The number of carbonyl (C=O) groups excluding carboxylic acids is 1. The van der Waals surface area contributed by atoms with Crippen LogP contribution in [0.4, 0.5) is 13.2 Å². The van der Waals surface area contributed by atoms with Gasteiger partial charge < -0.3 is 9.82 Å². The van der Waals surface area contributed by atoms with Crippen LogP contribution in [0.5, 0.6) is 0 Å². The van der Waals surface area contributed by atoms with Crippen molar-refractivity contribution in [2.24, 2.45) is 5.41 Å². The summed E-state index contributed by atoms with van der Waals surface area (Å²) in [4.78, 5) is 23.9. The number of aromatic nitrogens is 2. The maximum absolute atomic E-state index is 12.9. The molecule has 1 N–H and O–H groups in total. The molecule has 0 atom stereocenters. The SMILES string of the molecule is Cc1c(-c2ccc(CN(OC(=O)C(F)(F)F)C3CCC(C)(C)CC3)cc2)ccc2[nH]cnc12. The molecule has 5 nitrogen and oxygen atoms in total. The molecular weight excluding hydrogens is 431 g/mol. The predicted octanol–water partition coefficient (Wildman–Crippen LogP) is 6.33. The van der Waals surface area contributed by atoms with Crippen molar-refractivity contribution in [3.05, 3.63) is 53.9 Å². The number of aryl methyl sites for hydroxylation is 1. The molecule has 4 rings (SSSR count). The van der Waals surface area contributed by atoms with E-state index in [9.17, 15) is 18.0 Å². The van der Waals surface area contributed by atoms with Crippen LogP contribution in [-0.4, -0.2) is 33.2 Å². The molecule has 0 aliphatic heterocycles. The summed E-state index contributed by atoms with van der Waals surface area (Å²) in [5.41, 5.74) is 5.86. The number of halogens is 3. The summed E-state index contributed by atoms with van der Waals surface area (Å²) in [6.45, 7) is 6.41. The maximum atomic E-state index is 12.9. The summed E-state index contributed by atoms with van der Waals surface area (Å²) >= 11 is 0. The monoisotopic (exact) mass is 459 g/mol. The number of aromatic amines is 1. The quantitative estimate of drug-likeness (QED) is 0.453. The minimum absolute atomic E-state index is 0.102. The van der Waals surface area contributed by atoms with Gasteiger partial charge in [-0.15, -0.1) is 5.06 Å². The topological polar surface area (TPSA) is 58.2 Å². The molecular formula is C25H28F3N3O2. The van der Waals surface area contributed by atoms with E-state index in [-0.39, 0.29) is 18.0 Å². The van der Waals surface area contributed by atoms with Crippen LogP contribution < -0.4 is 0 Å². The van der Waals surface area contributed by atoms with Gasteiger partial charge in [0.2, 0.25) is 0 Å². The lowest BCUT2D eigenvalue weighted by Crippen LogP contribution is -2.43. The Labute approximate surface area is 190 Å². The molecule has 176 valence electrons. The Kier molecular flexibility index (Phi) is 6.22. The Morgan fingerprint density at radius 2 is 1.82 bits per heavy atom. The van der Waals surface area contributed by atoms with Crippen LogP contribution in [-0.2, 0) is 16.2 Å². The molecule has 1 fully saturated rings. The molecule has 0 unspecified atom stereocenters. The van der Waals surface area contributed by atoms with E-state index in [1.54, 1.807) is 6.33 Å². The second kappa shape index (κ2) is 8.82. The van der Waals surface area contributed by atoms with Gasteiger partial charge in [0.05, 0.1) is 23.9 Å². The first-order valence-electron chi connectivity index (χ1n) is 11.1. The normalized spacial score (nSPS) is 16.9. The van der Waals surface area contributed by atoms with Gasteiger partial charge in [0.25, 0.3) is 0 Å². The van der Waals surface area contributed by atoms with Crippen molar-refractivity contribution in [2.45, 2.75) is 65.2 Å². The third kappa shape index (κ3) is 5.21. The highest BCUT2D eigenvalue weighted by atomic mass is 19.4. The fourth-order valence-corrected chi connectivity index (χ4v) is 4.50. The predicted molar refractivity (Wildman–Crippen MR) is 120 cm³/mol. The molecule has 33 heavy (non-hydrogen) atoms. The number of fused-ring (bicyclic) bond motifs is 1. The number of imidazole rings is 1. The van der Waals surface area contributed by atoms with E-state index in [0.717, 1.165) is 46.1 Å². The summed E-state index contributed by atoms with van der Waals surface area (Å²) in [5, 5.41) is 1.22. The average molecular weight is 460 g/mol. The zero-order chi connectivity index (χ0) is 23.8. The second-order valence-corrected chi connectivity index (χ2v) is 9.58. The Morgan fingerprint density at radius 3 is 2.45 bits per heavy atom. The maximum Gasteiger partial charge on any atom is 0.492 e. The molecule has 0 saturated heterocycles. The molecule has 0 radical (unpaired) electrons. The van der Waals surface area contributed by atoms with Gasteiger partial charge in [0, 0.05) is 6.04 Å². The summed E-state index contributed by atoms with van der Waals surface area (Å²) < 4.78 is 38.7. The largest absolute Gasteiger partial charge is 0.492 e. The van der Waals surface area contributed by atoms with Gasteiger partial charge in [0.1, 0.15) is 0 Å². The van der Waals surface area contributed by atoms with Crippen molar-refractivity contribution in [1.29, 1.82) is 0 Å². The number of hydrogen-bond acceptors (Lipinski definition) is 4. The third-order valence-corrected chi connectivity index (χ3v) is 6.60. The molecule has 1 aliphatic rings. The van der Waals surface area contributed by atoms with Gasteiger partial charge in [0.15, 0.2) is 0 Å². The molecule has 1 aromatic heterocycles. The molecule has 1 saturated carbocycles. The first-order valence-corrected chi connectivity index (χ1v) is 11.1. The van der Waals surface area contributed by atoms with Gasteiger partial charge in [-0.2, -0.15) is 13.2 Å². The molecule has 0 spiro atoms. The fraction of sp³-hybridized carbons (Fsp3) is 0.440. The molecule has 8 heteroatoms. The first kappa shape index (κ1) is 23.3. The molecule has 1 aliphatic carbocycles. The average Bonchev–Trinajstić information content (AvgIpc) is 3.23. The van der Waals surface area contributed by atoms with Crippen LogP contribution >= 0.6 is 0 Å². The number of H-pyrrole nitrogens is 1. The van der Waals surface area contributed by atoms with Crippen molar-refractivity contribution >= 4 is 17.0 Å². The van der Waals surface area contributed by atoms with Gasteiger partial charge in [-0.25, -0.2) is 9.78 Å². The lowest BCUT2D eigenvalue weighted by molar-refractivity contribution is -0.252. The van der Waals surface area contributed by atoms with E-state index in [1.807, 2.05) is 43.3 Å². The van der Waals surface area contributed by atoms with E-state index >= 15 is 0 Å². The summed E-state index contributed by atoms with van der Waals surface area (Å²) in [7, 11) is 0. The highest BCUT2D eigenvalue weighted by Crippen LogP contribution is 2.38. The highest BCUT2D eigenvalue weighted by molar-refractivity contribution is 5.86. The van der Waals surface area contributed by atoms with Gasteiger partial charge in [-0.1, -0.05) is 44.2 Å². The zero-order valence-corrected chi connectivity index (χ0v) is 19.0. The number of hydrogen-bond donors (Lipinski definition) is 1. The zero-order valence-electron chi connectivity index (χ0n) is 19.0. The fourth-order valence-electron chi connectivity index (χ4n) is 4.50. The minimum atomic E-state index is -5.03. The van der Waals surface area contributed by atoms with E-state index in [2.05, 4.69) is 23.8 Å². The first-order chi connectivity index (χ1) is 15.5. The Bertz CT molecular complexity index is 1130. The van der Waals surface area contributed by atoms with Crippen molar-refractivity contribution in [1.82, 2.24) is 15.0 Å². The number of rotatable bonds is 5. The van der Waals surface area contributed by atoms with Crippen LogP contribution in [0.3, 0.4) is 0 Å². The van der Waals surface area contributed by atoms with Crippen molar-refractivity contribution in [3.63, 3.8) is 0 Å². The number of nitrogens with one attached hydrogen (secondary N) is 1. The Morgan fingerprint density at radius 1 is 1.15 bits per heavy atom. The van der Waals surface area contributed by atoms with E-state index < -0.39 is 12.1 Å². The lowest BCUT2D eigenvalue weighted by atomic mass is 9.75. The van der Waals surface area contributed by atoms with Crippen molar-refractivity contribution < 1.29 is 22.8 Å². The Hall–Kier alpha value is -2.87. The highest BCUT2D eigenvalue weighted by Gasteiger charge is 2.44. The molecule has 0 bridgehead atoms. The third-order valence-electron chi connectivity index (χ3n) is 6.60. The number of alkyl halides is 3. The van der Waals surface area contributed by atoms with Gasteiger partial charge in [-0.3, -0.25) is 0 Å². The standard InChI is InChI=1S/C25H28F3N3O2/c1-16-20(8-9-21-22(16)30-15-29-21)18-6-4-17(5-7-18)14-31(33-23(32)25(26,27)28)19-10-12-24(2,3)13-11-19/h4-9,15,19H,10-14H2,1-3H3,(H,29,30). The second-order valence-electron chi connectivity index (χ2n) is 9.58. The van der Waals surface area contributed by atoms with Crippen LogP contribution in [0.15, 0.2) is 42.7 Å². The lowest BCUT2D eigenvalue weighted by Gasteiger charge is -2.39. The molecule has 0 amide bonds. The van der Waals surface area contributed by atoms with Crippen LogP contribution in [0.2, 0.25) is 0 Å². The molecule has 3 aromatic rings. The Balaban J connectivity index is 1.54.